The van der Waals surface area contributed by atoms with Gasteiger partial charge in [-0.1, -0.05) is 6.08 Å². The zero-order chi connectivity index (χ0) is 8.10. The normalized spacial score (nSPS) is 16.9. The summed E-state index contributed by atoms with van der Waals surface area (Å²) in [5.74, 6) is 0. The van der Waals surface area contributed by atoms with Gasteiger partial charge in [0.15, 0.2) is 0 Å². The molecule has 0 unspecified atom stereocenters. The predicted molar refractivity (Wildman–Crippen MR) is 49.4 cm³/mol. The third-order valence-electron chi connectivity index (χ3n) is 1.53. The van der Waals surface area contributed by atoms with Crippen molar-refractivity contribution in [3.05, 3.63) is 22.8 Å². The lowest BCUT2D eigenvalue weighted by Gasteiger charge is -2.20. The van der Waals surface area contributed by atoms with Crippen LogP contribution in [0.3, 0.4) is 0 Å². The highest BCUT2D eigenvalue weighted by Crippen LogP contribution is 2.12. The highest BCUT2D eigenvalue weighted by molar-refractivity contribution is 9.11. The minimum Gasteiger partial charge on any atom is -0.396 e. The first-order valence-corrected chi connectivity index (χ1v) is 4.51. The van der Waals surface area contributed by atoms with Gasteiger partial charge in [0.05, 0.1) is 0 Å². The number of nitrogens with zero attached hydrogens (tertiary/aromatic N) is 1. The molecule has 0 saturated carbocycles. The van der Waals surface area contributed by atoms with E-state index in [0.717, 1.165) is 24.0 Å². The first-order valence-electron chi connectivity index (χ1n) is 3.71. The van der Waals surface area contributed by atoms with Crippen LogP contribution in [0, 0.1) is 0 Å². The van der Waals surface area contributed by atoms with Gasteiger partial charge in [0.1, 0.15) is 0 Å². The lowest BCUT2D eigenvalue weighted by Crippen LogP contribution is -2.21. The van der Waals surface area contributed by atoms with E-state index in [0.29, 0.717) is 0 Å². The molecule has 0 aromatic rings. The van der Waals surface area contributed by atoms with Crippen LogP contribution in [-0.2, 0) is 0 Å². The standard InChI is InChI=1S/C8H12BrNO/c9-8-3-1-4-10(7-8)5-2-6-11/h1,3,7,11H,2,4-6H2. The topological polar surface area (TPSA) is 23.5 Å². The first-order chi connectivity index (χ1) is 5.33. The molecule has 0 radical (unpaired) electrons. The number of rotatable bonds is 3. The van der Waals surface area contributed by atoms with Gasteiger partial charge in [-0.25, -0.2) is 0 Å². The number of halogens is 1. The van der Waals surface area contributed by atoms with Gasteiger partial charge < -0.3 is 10.0 Å². The molecule has 1 aliphatic heterocycles. The van der Waals surface area contributed by atoms with Gasteiger partial charge in [-0.3, -0.25) is 0 Å². The second-order valence-electron chi connectivity index (χ2n) is 2.49. The van der Waals surface area contributed by atoms with E-state index in [2.05, 4.69) is 33.1 Å². The summed E-state index contributed by atoms with van der Waals surface area (Å²) < 4.78 is 1.10. The van der Waals surface area contributed by atoms with Crippen molar-refractivity contribution < 1.29 is 5.11 Å². The van der Waals surface area contributed by atoms with Crippen LogP contribution in [0.15, 0.2) is 22.8 Å². The number of aliphatic hydroxyl groups excluding tert-OH is 1. The zero-order valence-electron chi connectivity index (χ0n) is 6.33. The summed E-state index contributed by atoms with van der Waals surface area (Å²) in [5.41, 5.74) is 0. The fourth-order valence-corrected chi connectivity index (χ4v) is 1.48. The minimum absolute atomic E-state index is 0.270. The second kappa shape index (κ2) is 4.57. The van der Waals surface area contributed by atoms with Gasteiger partial charge in [0, 0.05) is 30.4 Å². The summed E-state index contributed by atoms with van der Waals surface area (Å²) in [4.78, 5) is 2.17. The molecule has 1 N–H and O–H groups in total. The van der Waals surface area contributed by atoms with Gasteiger partial charge in [-0.05, 0) is 28.4 Å². The maximum Gasteiger partial charge on any atom is 0.0447 e. The molecule has 1 aliphatic rings. The van der Waals surface area contributed by atoms with E-state index in [1.165, 1.54) is 0 Å². The monoisotopic (exact) mass is 217 g/mol. The third kappa shape index (κ3) is 3.08. The lowest BCUT2D eigenvalue weighted by atomic mass is 10.3. The van der Waals surface area contributed by atoms with Crippen molar-refractivity contribution in [1.29, 1.82) is 0 Å². The molecular weight excluding hydrogens is 206 g/mol. The molecule has 0 aromatic heterocycles. The van der Waals surface area contributed by atoms with Crippen molar-refractivity contribution in [3.63, 3.8) is 0 Å². The molecule has 0 aliphatic carbocycles. The molecule has 0 aromatic carbocycles. The van der Waals surface area contributed by atoms with Crippen LogP contribution in [0.5, 0.6) is 0 Å². The summed E-state index contributed by atoms with van der Waals surface area (Å²) in [5, 5.41) is 8.59. The third-order valence-corrected chi connectivity index (χ3v) is 2.00. The summed E-state index contributed by atoms with van der Waals surface area (Å²) in [6.45, 7) is 2.15. The second-order valence-corrected chi connectivity index (χ2v) is 3.40. The van der Waals surface area contributed by atoms with Gasteiger partial charge in [-0.15, -0.1) is 0 Å². The SMILES string of the molecule is OCCCN1C=C(Br)C=CC1. The van der Waals surface area contributed by atoms with Crippen LogP contribution >= 0.6 is 15.9 Å². The van der Waals surface area contributed by atoms with Crippen molar-refractivity contribution in [1.82, 2.24) is 4.90 Å². The number of hydrogen-bond donors (Lipinski definition) is 1. The maximum atomic E-state index is 8.59. The maximum absolute atomic E-state index is 8.59. The van der Waals surface area contributed by atoms with E-state index < -0.39 is 0 Å². The van der Waals surface area contributed by atoms with Crippen LogP contribution < -0.4 is 0 Å². The quantitative estimate of drug-likeness (QED) is 0.775. The van der Waals surface area contributed by atoms with Gasteiger partial charge >= 0.3 is 0 Å². The molecule has 1 rings (SSSR count). The smallest absolute Gasteiger partial charge is 0.0447 e. The largest absolute Gasteiger partial charge is 0.396 e. The summed E-state index contributed by atoms with van der Waals surface area (Å²) in [7, 11) is 0. The van der Waals surface area contributed by atoms with Crippen LogP contribution in [0.25, 0.3) is 0 Å². The first kappa shape index (κ1) is 8.81. The Balaban J connectivity index is 2.31. The fraction of sp³-hybridized carbons (Fsp3) is 0.500. The molecular formula is C8H12BrNO. The van der Waals surface area contributed by atoms with Crippen molar-refractivity contribution in [2.75, 3.05) is 19.7 Å². The van der Waals surface area contributed by atoms with Crippen molar-refractivity contribution in [2.24, 2.45) is 0 Å². The Bertz CT molecular complexity index is 177. The molecule has 0 spiro atoms. The van der Waals surface area contributed by atoms with Gasteiger partial charge in [0.2, 0.25) is 0 Å². The molecule has 0 atom stereocenters. The highest BCUT2D eigenvalue weighted by atomic mass is 79.9. The number of allylic oxidation sites excluding steroid dienone is 2. The molecule has 3 heteroatoms. The Kier molecular flexibility index (Phi) is 3.66. The average molecular weight is 218 g/mol. The van der Waals surface area contributed by atoms with Crippen molar-refractivity contribution in [2.45, 2.75) is 6.42 Å². The van der Waals surface area contributed by atoms with Gasteiger partial charge in [0.25, 0.3) is 0 Å². The molecule has 1 heterocycles. The van der Waals surface area contributed by atoms with E-state index in [1.54, 1.807) is 0 Å². The zero-order valence-corrected chi connectivity index (χ0v) is 7.92. The van der Waals surface area contributed by atoms with E-state index in [-0.39, 0.29) is 6.61 Å². The molecule has 62 valence electrons. The van der Waals surface area contributed by atoms with E-state index >= 15 is 0 Å². The summed E-state index contributed by atoms with van der Waals surface area (Å²) in [6, 6.07) is 0. The summed E-state index contributed by atoms with van der Waals surface area (Å²) in [6.07, 6.45) is 7.02. The van der Waals surface area contributed by atoms with Crippen LogP contribution in [-0.4, -0.2) is 29.7 Å². The van der Waals surface area contributed by atoms with E-state index in [9.17, 15) is 0 Å². The van der Waals surface area contributed by atoms with Crippen molar-refractivity contribution in [3.8, 4) is 0 Å². The van der Waals surface area contributed by atoms with Gasteiger partial charge in [-0.2, -0.15) is 0 Å². The molecule has 2 nitrogen and oxygen atoms in total. The average Bonchev–Trinajstić information content (AvgIpc) is 2.01. The molecule has 0 saturated heterocycles. The fourth-order valence-electron chi connectivity index (χ4n) is 1.00. The molecule has 0 amide bonds. The molecule has 0 bridgehead atoms. The highest BCUT2D eigenvalue weighted by Gasteiger charge is 2.01. The molecule has 11 heavy (non-hydrogen) atoms. The number of aliphatic hydroxyl groups is 1. The van der Waals surface area contributed by atoms with E-state index in [4.69, 9.17) is 5.11 Å². The Morgan fingerprint density at radius 1 is 1.64 bits per heavy atom. The predicted octanol–water partition coefficient (Wildman–Crippen LogP) is 1.48. The number of hydrogen-bond acceptors (Lipinski definition) is 2. The van der Waals surface area contributed by atoms with E-state index in [1.807, 2.05) is 6.08 Å². The van der Waals surface area contributed by atoms with Crippen LogP contribution in [0.1, 0.15) is 6.42 Å². The van der Waals surface area contributed by atoms with Crippen LogP contribution in [0.2, 0.25) is 0 Å². The Morgan fingerprint density at radius 3 is 3.09 bits per heavy atom. The Labute approximate surface area is 75.3 Å². The Hall–Kier alpha value is -0.280. The van der Waals surface area contributed by atoms with Crippen molar-refractivity contribution >= 4 is 15.9 Å². The Morgan fingerprint density at radius 2 is 2.45 bits per heavy atom. The minimum atomic E-state index is 0.270. The summed E-state index contributed by atoms with van der Waals surface area (Å²) >= 11 is 3.39. The molecule has 0 fully saturated rings. The van der Waals surface area contributed by atoms with Crippen LogP contribution in [0.4, 0.5) is 0 Å². The lowest BCUT2D eigenvalue weighted by molar-refractivity contribution is 0.264.